The summed E-state index contributed by atoms with van der Waals surface area (Å²) < 4.78 is 23.6. The van der Waals surface area contributed by atoms with Crippen molar-refractivity contribution in [3.05, 3.63) is 53.5 Å². The Labute approximate surface area is 115 Å². The molecular weight excluding hydrogens is 269 g/mol. The van der Waals surface area contributed by atoms with Crippen LogP contribution in [0.4, 0.5) is 4.39 Å². The number of nitrogens with zero attached hydrogens (tertiary/aromatic N) is 1. The fourth-order valence-corrected chi connectivity index (χ4v) is 1.76. The van der Waals surface area contributed by atoms with Crippen molar-refractivity contribution in [1.29, 1.82) is 0 Å². The van der Waals surface area contributed by atoms with E-state index in [2.05, 4.69) is 4.98 Å². The van der Waals surface area contributed by atoms with Gasteiger partial charge in [0.25, 0.3) is 0 Å². The third-order valence-corrected chi connectivity index (χ3v) is 2.86. The second-order valence-corrected chi connectivity index (χ2v) is 4.16. The molecule has 2 rings (SSSR count). The van der Waals surface area contributed by atoms with Crippen LogP contribution in [0.2, 0.25) is 0 Å². The number of methoxy groups -OCH3 is 1. The van der Waals surface area contributed by atoms with Crippen molar-refractivity contribution in [2.24, 2.45) is 0 Å². The third kappa shape index (κ3) is 3.58. The largest absolute Gasteiger partial charge is 0.497 e. The van der Waals surface area contributed by atoms with E-state index in [-0.39, 0.29) is 5.88 Å². The van der Waals surface area contributed by atoms with Gasteiger partial charge in [0.15, 0.2) is 0 Å². The van der Waals surface area contributed by atoms with Gasteiger partial charge in [0.05, 0.1) is 19.2 Å². The van der Waals surface area contributed by atoms with Gasteiger partial charge >= 0.3 is 0 Å². The smallest absolute Gasteiger partial charge is 0.218 e. The lowest BCUT2D eigenvalue weighted by Crippen LogP contribution is -2.00. The first-order valence-electron chi connectivity index (χ1n) is 5.69. The summed E-state index contributed by atoms with van der Waals surface area (Å²) in [5.41, 5.74) is 1.50. The lowest BCUT2D eigenvalue weighted by Gasteiger charge is -2.09. The summed E-state index contributed by atoms with van der Waals surface area (Å²) >= 11 is 5.72. The van der Waals surface area contributed by atoms with Gasteiger partial charge in [-0.1, -0.05) is 12.1 Å². The molecule has 0 bridgehead atoms. The maximum Gasteiger partial charge on any atom is 0.218 e. The average Bonchev–Trinajstić information content (AvgIpc) is 2.46. The Morgan fingerprint density at radius 3 is 2.63 bits per heavy atom. The van der Waals surface area contributed by atoms with Gasteiger partial charge in [0.1, 0.15) is 18.2 Å². The second-order valence-electron chi connectivity index (χ2n) is 3.89. The van der Waals surface area contributed by atoms with Gasteiger partial charge in [-0.15, -0.1) is 11.6 Å². The van der Waals surface area contributed by atoms with Crippen molar-refractivity contribution < 1.29 is 13.9 Å². The van der Waals surface area contributed by atoms with Crippen LogP contribution in [0.3, 0.4) is 0 Å². The van der Waals surface area contributed by atoms with Crippen LogP contribution in [0, 0.1) is 5.82 Å². The fourth-order valence-electron chi connectivity index (χ4n) is 1.57. The summed E-state index contributed by atoms with van der Waals surface area (Å²) in [6.45, 7) is 0.340. The molecule has 1 heterocycles. The first kappa shape index (κ1) is 13.6. The normalized spacial score (nSPS) is 10.3. The summed E-state index contributed by atoms with van der Waals surface area (Å²) in [5.74, 6) is 0.868. The number of aromatic nitrogens is 1. The molecule has 1 aromatic carbocycles. The predicted octanol–water partition coefficient (Wildman–Crippen LogP) is 3.55. The summed E-state index contributed by atoms with van der Waals surface area (Å²) in [5, 5.41) is 0. The number of hydrogen-bond donors (Lipinski definition) is 0. The molecule has 5 heteroatoms. The Kier molecular flexibility index (Phi) is 4.58. The van der Waals surface area contributed by atoms with Crippen molar-refractivity contribution in [3.63, 3.8) is 0 Å². The van der Waals surface area contributed by atoms with Crippen LogP contribution in [0.1, 0.15) is 11.1 Å². The molecule has 0 spiro atoms. The molecule has 2 aromatic rings. The number of hydrogen-bond acceptors (Lipinski definition) is 3. The molecule has 100 valence electrons. The van der Waals surface area contributed by atoms with Crippen molar-refractivity contribution in [3.8, 4) is 11.6 Å². The standard InChI is InChI=1S/C14H13ClFNO2/c1-18-13-4-2-10(3-5-13)9-19-14-11(7-15)6-12(16)8-17-14/h2-6,8H,7,9H2,1H3. The van der Waals surface area contributed by atoms with Crippen LogP contribution in [-0.4, -0.2) is 12.1 Å². The molecule has 0 aliphatic rings. The lowest BCUT2D eigenvalue weighted by molar-refractivity contribution is 0.290. The summed E-state index contributed by atoms with van der Waals surface area (Å²) in [7, 11) is 1.61. The van der Waals surface area contributed by atoms with Crippen LogP contribution in [0.5, 0.6) is 11.6 Å². The molecule has 19 heavy (non-hydrogen) atoms. The van der Waals surface area contributed by atoms with Crippen LogP contribution < -0.4 is 9.47 Å². The highest BCUT2D eigenvalue weighted by Gasteiger charge is 2.06. The number of benzene rings is 1. The van der Waals surface area contributed by atoms with Crippen molar-refractivity contribution in [2.75, 3.05) is 7.11 Å². The zero-order valence-corrected chi connectivity index (χ0v) is 11.2. The van der Waals surface area contributed by atoms with Gasteiger partial charge in [0, 0.05) is 5.56 Å². The number of rotatable bonds is 5. The SMILES string of the molecule is COc1ccc(COc2ncc(F)cc2CCl)cc1. The topological polar surface area (TPSA) is 31.4 Å². The Morgan fingerprint density at radius 2 is 2.00 bits per heavy atom. The van der Waals surface area contributed by atoms with E-state index in [1.165, 1.54) is 6.07 Å². The van der Waals surface area contributed by atoms with E-state index in [9.17, 15) is 4.39 Å². The Hall–Kier alpha value is -1.81. The molecule has 0 unspecified atom stereocenters. The van der Waals surface area contributed by atoms with Crippen molar-refractivity contribution in [2.45, 2.75) is 12.5 Å². The predicted molar refractivity (Wildman–Crippen MR) is 71.1 cm³/mol. The molecule has 0 saturated heterocycles. The summed E-state index contributed by atoms with van der Waals surface area (Å²) in [6.07, 6.45) is 1.11. The van der Waals surface area contributed by atoms with E-state index in [0.717, 1.165) is 17.5 Å². The molecule has 3 nitrogen and oxygen atoms in total. The number of halogens is 2. The van der Waals surface area contributed by atoms with Crippen LogP contribution in [0.15, 0.2) is 36.5 Å². The molecule has 0 amide bonds. The second kappa shape index (κ2) is 6.38. The van der Waals surface area contributed by atoms with E-state index in [4.69, 9.17) is 21.1 Å². The van der Waals surface area contributed by atoms with Crippen LogP contribution >= 0.6 is 11.6 Å². The fraction of sp³-hybridized carbons (Fsp3) is 0.214. The highest BCUT2D eigenvalue weighted by atomic mass is 35.5. The molecule has 0 N–H and O–H groups in total. The zero-order valence-electron chi connectivity index (χ0n) is 10.4. The molecule has 0 aliphatic heterocycles. The maximum absolute atomic E-state index is 13.0. The maximum atomic E-state index is 13.0. The van der Waals surface area contributed by atoms with Gasteiger partial charge < -0.3 is 9.47 Å². The van der Waals surface area contributed by atoms with E-state index < -0.39 is 5.82 Å². The highest BCUT2D eigenvalue weighted by Crippen LogP contribution is 2.20. The summed E-state index contributed by atoms with van der Waals surface area (Å²) in [6, 6.07) is 8.80. The Balaban J connectivity index is 2.05. The van der Waals surface area contributed by atoms with E-state index in [1.807, 2.05) is 24.3 Å². The van der Waals surface area contributed by atoms with Gasteiger partial charge in [-0.2, -0.15) is 0 Å². The minimum atomic E-state index is -0.424. The zero-order chi connectivity index (χ0) is 13.7. The summed E-state index contributed by atoms with van der Waals surface area (Å²) in [4.78, 5) is 3.89. The average molecular weight is 282 g/mol. The van der Waals surface area contributed by atoms with E-state index >= 15 is 0 Å². The van der Waals surface area contributed by atoms with Gasteiger partial charge in [-0.05, 0) is 23.8 Å². The van der Waals surface area contributed by atoms with E-state index in [1.54, 1.807) is 7.11 Å². The van der Waals surface area contributed by atoms with Gasteiger partial charge in [0.2, 0.25) is 5.88 Å². The number of pyridine rings is 1. The van der Waals surface area contributed by atoms with Gasteiger partial charge in [-0.3, -0.25) is 0 Å². The number of alkyl halides is 1. The lowest BCUT2D eigenvalue weighted by atomic mass is 10.2. The molecule has 0 aliphatic carbocycles. The Bertz CT molecular complexity index is 546. The first-order chi connectivity index (χ1) is 9.22. The van der Waals surface area contributed by atoms with Crippen LogP contribution in [0.25, 0.3) is 0 Å². The van der Waals surface area contributed by atoms with Gasteiger partial charge in [-0.25, -0.2) is 9.37 Å². The molecule has 0 atom stereocenters. The third-order valence-electron chi connectivity index (χ3n) is 2.57. The highest BCUT2D eigenvalue weighted by molar-refractivity contribution is 6.17. The molecule has 0 radical (unpaired) electrons. The Morgan fingerprint density at radius 1 is 1.26 bits per heavy atom. The minimum absolute atomic E-state index is 0.155. The first-order valence-corrected chi connectivity index (χ1v) is 6.22. The molecule has 1 aromatic heterocycles. The quantitative estimate of drug-likeness (QED) is 0.786. The van der Waals surface area contributed by atoms with E-state index in [0.29, 0.717) is 18.1 Å². The van der Waals surface area contributed by atoms with Crippen molar-refractivity contribution in [1.82, 2.24) is 4.98 Å². The molecule has 0 saturated carbocycles. The number of ether oxygens (including phenoxy) is 2. The van der Waals surface area contributed by atoms with Crippen molar-refractivity contribution >= 4 is 11.6 Å². The molecular formula is C14H13ClFNO2. The minimum Gasteiger partial charge on any atom is -0.497 e. The van der Waals surface area contributed by atoms with Crippen LogP contribution in [-0.2, 0) is 12.5 Å². The molecule has 0 fully saturated rings. The monoisotopic (exact) mass is 281 g/mol.